The summed E-state index contributed by atoms with van der Waals surface area (Å²) in [6, 6.07) is 16.5. The molecule has 2 aromatic rings. The van der Waals surface area contributed by atoms with Crippen LogP contribution in [0.4, 0.5) is 11.4 Å². The Morgan fingerprint density at radius 3 is 2.38 bits per heavy atom. The Bertz CT molecular complexity index is 601. The van der Waals surface area contributed by atoms with E-state index in [4.69, 9.17) is 0 Å². The first-order chi connectivity index (χ1) is 10.3. The highest BCUT2D eigenvalue weighted by atomic mass is 15.3. The van der Waals surface area contributed by atoms with Crippen LogP contribution in [0.1, 0.15) is 25.0 Å². The van der Waals surface area contributed by atoms with Crippen molar-refractivity contribution in [2.75, 3.05) is 23.4 Å². The van der Waals surface area contributed by atoms with Crippen LogP contribution in [0.3, 0.4) is 0 Å². The van der Waals surface area contributed by atoms with Gasteiger partial charge in [-0.05, 0) is 38.5 Å². The van der Waals surface area contributed by atoms with Gasteiger partial charge in [-0.1, -0.05) is 36.4 Å². The topological polar surface area (TPSA) is 27.6 Å². The number of hydrogen-bond acceptors (Lipinski definition) is 3. The zero-order chi connectivity index (χ0) is 15.1. The summed E-state index contributed by atoms with van der Waals surface area (Å²) in [6.45, 7) is 8.40. The third-order valence-corrected chi connectivity index (χ3v) is 3.57. The van der Waals surface area contributed by atoms with Crippen molar-refractivity contribution in [3.05, 3.63) is 59.7 Å². The molecular formula is C18H23N3. The van der Waals surface area contributed by atoms with E-state index in [-0.39, 0.29) is 0 Å². The predicted octanol–water partition coefficient (Wildman–Crippen LogP) is 4.29. The van der Waals surface area contributed by atoms with Gasteiger partial charge in [0.05, 0.1) is 11.9 Å². The molecule has 0 fully saturated rings. The molecule has 0 aliphatic rings. The highest BCUT2D eigenvalue weighted by Crippen LogP contribution is 2.19. The number of aryl methyl sites for hydroxylation is 1. The van der Waals surface area contributed by atoms with Gasteiger partial charge >= 0.3 is 0 Å². The van der Waals surface area contributed by atoms with Crippen LogP contribution in [0.25, 0.3) is 0 Å². The minimum atomic E-state index is 0.993. The molecular weight excluding hydrogens is 258 g/mol. The van der Waals surface area contributed by atoms with Gasteiger partial charge in [0.25, 0.3) is 0 Å². The van der Waals surface area contributed by atoms with Gasteiger partial charge in [0.1, 0.15) is 0 Å². The smallest absolute Gasteiger partial charge is 0.0590 e. The third kappa shape index (κ3) is 3.85. The summed E-state index contributed by atoms with van der Waals surface area (Å²) in [4.78, 5) is 2.33. The van der Waals surface area contributed by atoms with Crippen LogP contribution >= 0.6 is 0 Å². The van der Waals surface area contributed by atoms with Crippen molar-refractivity contribution in [2.24, 2.45) is 5.10 Å². The van der Waals surface area contributed by atoms with Gasteiger partial charge in [-0.15, -0.1) is 0 Å². The molecule has 3 nitrogen and oxygen atoms in total. The van der Waals surface area contributed by atoms with Crippen molar-refractivity contribution >= 4 is 17.6 Å². The number of hydrazone groups is 1. The summed E-state index contributed by atoms with van der Waals surface area (Å²) < 4.78 is 0. The van der Waals surface area contributed by atoms with Crippen molar-refractivity contribution in [2.45, 2.75) is 20.8 Å². The Labute approximate surface area is 127 Å². The Morgan fingerprint density at radius 2 is 1.67 bits per heavy atom. The van der Waals surface area contributed by atoms with Crippen LogP contribution in [-0.4, -0.2) is 19.3 Å². The summed E-state index contributed by atoms with van der Waals surface area (Å²) in [5.41, 5.74) is 7.68. The molecule has 21 heavy (non-hydrogen) atoms. The van der Waals surface area contributed by atoms with E-state index in [2.05, 4.69) is 60.5 Å². The average molecular weight is 281 g/mol. The largest absolute Gasteiger partial charge is 0.372 e. The fourth-order valence-corrected chi connectivity index (χ4v) is 2.32. The Morgan fingerprint density at radius 1 is 1.00 bits per heavy atom. The molecule has 0 aromatic heterocycles. The molecule has 0 saturated heterocycles. The van der Waals surface area contributed by atoms with E-state index in [0.717, 1.165) is 24.3 Å². The number of nitrogens with one attached hydrogen (secondary N) is 1. The third-order valence-electron chi connectivity index (χ3n) is 3.57. The Hall–Kier alpha value is -2.29. The Kier molecular flexibility index (Phi) is 5.38. The average Bonchev–Trinajstić information content (AvgIpc) is 2.52. The van der Waals surface area contributed by atoms with Crippen LogP contribution in [0, 0.1) is 6.92 Å². The zero-order valence-corrected chi connectivity index (χ0v) is 13.0. The van der Waals surface area contributed by atoms with Gasteiger partial charge in [-0.3, -0.25) is 5.43 Å². The highest BCUT2D eigenvalue weighted by Gasteiger charge is 2.05. The number of nitrogens with zero attached hydrogens (tertiary/aromatic N) is 2. The van der Waals surface area contributed by atoms with Gasteiger partial charge in [0, 0.05) is 24.3 Å². The van der Waals surface area contributed by atoms with E-state index in [9.17, 15) is 0 Å². The lowest BCUT2D eigenvalue weighted by molar-refractivity contribution is 0.865. The molecule has 0 aliphatic carbocycles. The normalized spacial score (nSPS) is 10.8. The van der Waals surface area contributed by atoms with Crippen LogP contribution in [0.5, 0.6) is 0 Å². The molecule has 3 heteroatoms. The molecule has 0 bridgehead atoms. The van der Waals surface area contributed by atoms with Crippen LogP contribution in [0.15, 0.2) is 53.6 Å². The summed E-state index contributed by atoms with van der Waals surface area (Å²) in [7, 11) is 0. The quantitative estimate of drug-likeness (QED) is 0.632. The number of hydrogen-bond donors (Lipinski definition) is 1. The maximum absolute atomic E-state index is 4.38. The van der Waals surface area contributed by atoms with E-state index < -0.39 is 0 Å². The van der Waals surface area contributed by atoms with Gasteiger partial charge in [-0.2, -0.15) is 5.10 Å². The SMILES string of the molecule is CCN(CC)c1ccccc1C=NNc1ccccc1C. The second-order valence-electron chi connectivity index (χ2n) is 4.92. The molecule has 0 amide bonds. The summed E-state index contributed by atoms with van der Waals surface area (Å²) in [6.07, 6.45) is 1.89. The lowest BCUT2D eigenvalue weighted by Crippen LogP contribution is -2.23. The van der Waals surface area contributed by atoms with Crippen LogP contribution in [-0.2, 0) is 0 Å². The number of rotatable bonds is 6. The number of anilines is 2. The summed E-state index contributed by atoms with van der Waals surface area (Å²) in [5.74, 6) is 0. The van der Waals surface area contributed by atoms with Crippen molar-refractivity contribution < 1.29 is 0 Å². The molecule has 0 spiro atoms. The second-order valence-corrected chi connectivity index (χ2v) is 4.92. The molecule has 0 saturated carbocycles. The number of para-hydroxylation sites is 2. The lowest BCUT2D eigenvalue weighted by Gasteiger charge is -2.22. The van der Waals surface area contributed by atoms with Crippen LogP contribution < -0.4 is 10.3 Å². The standard InChI is InChI=1S/C18H23N3/c1-4-21(5-2)18-13-9-7-11-16(18)14-19-20-17-12-8-6-10-15(17)3/h6-14,20H,4-5H2,1-3H3. The molecule has 110 valence electrons. The van der Waals surface area contributed by atoms with E-state index in [1.165, 1.54) is 11.3 Å². The molecule has 2 aromatic carbocycles. The lowest BCUT2D eigenvalue weighted by atomic mass is 10.1. The molecule has 0 radical (unpaired) electrons. The monoisotopic (exact) mass is 281 g/mol. The first-order valence-electron chi connectivity index (χ1n) is 7.45. The molecule has 0 unspecified atom stereocenters. The van der Waals surface area contributed by atoms with Crippen LogP contribution in [0.2, 0.25) is 0 Å². The fraction of sp³-hybridized carbons (Fsp3) is 0.278. The minimum absolute atomic E-state index is 0.993. The van der Waals surface area contributed by atoms with Gasteiger partial charge < -0.3 is 4.90 Å². The molecule has 1 N–H and O–H groups in total. The van der Waals surface area contributed by atoms with E-state index in [0.29, 0.717) is 0 Å². The predicted molar refractivity (Wildman–Crippen MR) is 92.4 cm³/mol. The van der Waals surface area contributed by atoms with E-state index in [1.807, 2.05) is 30.5 Å². The first kappa shape index (κ1) is 15.1. The summed E-state index contributed by atoms with van der Waals surface area (Å²) >= 11 is 0. The molecule has 2 rings (SSSR count). The van der Waals surface area contributed by atoms with Gasteiger partial charge in [0.2, 0.25) is 0 Å². The minimum Gasteiger partial charge on any atom is -0.372 e. The van der Waals surface area contributed by atoms with Crippen molar-refractivity contribution in [1.82, 2.24) is 0 Å². The first-order valence-corrected chi connectivity index (χ1v) is 7.45. The zero-order valence-electron chi connectivity index (χ0n) is 13.0. The van der Waals surface area contributed by atoms with E-state index in [1.54, 1.807) is 0 Å². The molecule has 0 atom stereocenters. The summed E-state index contributed by atoms with van der Waals surface area (Å²) in [5, 5.41) is 4.38. The van der Waals surface area contributed by atoms with Crippen molar-refractivity contribution in [1.29, 1.82) is 0 Å². The molecule has 0 aliphatic heterocycles. The second kappa shape index (κ2) is 7.48. The van der Waals surface area contributed by atoms with E-state index >= 15 is 0 Å². The number of benzene rings is 2. The fourth-order valence-electron chi connectivity index (χ4n) is 2.32. The van der Waals surface area contributed by atoms with Crippen molar-refractivity contribution in [3.63, 3.8) is 0 Å². The maximum Gasteiger partial charge on any atom is 0.0590 e. The highest BCUT2D eigenvalue weighted by molar-refractivity contribution is 5.88. The van der Waals surface area contributed by atoms with Crippen molar-refractivity contribution in [3.8, 4) is 0 Å². The Balaban J connectivity index is 2.16. The van der Waals surface area contributed by atoms with Gasteiger partial charge in [0.15, 0.2) is 0 Å². The maximum atomic E-state index is 4.38. The molecule has 0 heterocycles. The van der Waals surface area contributed by atoms with Gasteiger partial charge in [-0.25, -0.2) is 0 Å².